The Bertz CT molecular complexity index is 1100. The fourth-order valence-electron chi connectivity index (χ4n) is 2.57. The highest BCUT2D eigenvalue weighted by atomic mass is 35.5. The summed E-state index contributed by atoms with van der Waals surface area (Å²) in [4.78, 5) is 12.3. The first-order chi connectivity index (χ1) is 14.5. The van der Waals surface area contributed by atoms with Gasteiger partial charge in [0.25, 0.3) is 5.91 Å². The number of carbonyl (C=O) groups excluding carboxylic acids is 1. The summed E-state index contributed by atoms with van der Waals surface area (Å²) in [5.74, 6) is -0.629. The lowest BCUT2D eigenvalue weighted by atomic mass is 10.1. The molecule has 0 aliphatic rings. The Morgan fingerprint density at radius 2 is 1.70 bits per heavy atom. The van der Waals surface area contributed by atoms with Crippen molar-refractivity contribution in [2.45, 2.75) is 6.61 Å². The third-order valence-electron chi connectivity index (χ3n) is 4.02. The van der Waals surface area contributed by atoms with Gasteiger partial charge in [-0.1, -0.05) is 53.5 Å². The van der Waals surface area contributed by atoms with E-state index in [-0.39, 0.29) is 33.8 Å². The van der Waals surface area contributed by atoms with Crippen molar-refractivity contribution < 1.29 is 13.9 Å². The zero-order valence-corrected chi connectivity index (χ0v) is 17.0. The summed E-state index contributed by atoms with van der Waals surface area (Å²) in [6, 6.07) is 19.6. The Kier molecular flexibility index (Phi) is 7.08. The predicted molar refractivity (Wildman–Crippen MR) is 116 cm³/mol. The van der Waals surface area contributed by atoms with E-state index in [1.165, 1.54) is 18.2 Å². The molecule has 4 nitrogen and oxygen atoms in total. The van der Waals surface area contributed by atoms with Crippen LogP contribution >= 0.6 is 23.2 Å². The standard InChI is InChI=1S/C23H15Cl2FN2O2/c24-20-11-16(10-17(13-27)23(29)28-19-4-2-1-3-5-19)12-21(25)22(20)30-14-15-6-8-18(26)9-7-15/h1-12H,14H2,(H,28,29)/b17-10-. The van der Waals surface area contributed by atoms with E-state index >= 15 is 0 Å². The number of benzene rings is 3. The van der Waals surface area contributed by atoms with E-state index in [1.54, 1.807) is 48.5 Å². The fraction of sp³-hybridized carbons (Fsp3) is 0.0435. The molecule has 0 unspecified atom stereocenters. The van der Waals surface area contributed by atoms with Gasteiger partial charge in [0.1, 0.15) is 24.1 Å². The second-order valence-corrected chi connectivity index (χ2v) is 7.03. The molecule has 3 rings (SSSR count). The minimum Gasteiger partial charge on any atom is -0.486 e. The van der Waals surface area contributed by atoms with Crippen molar-refractivity contribution in [3.63, 3.8) is 0 Å². The molecule has 0 atom stereocenters. The lowest BCUT2D eigenvalue weighted by Gasteiger charge is -2.11. The van der Waals surface area contributed by atoms with Gasteiger partial charge in [-0.25, -0.2) is 4.39 Å². The van der Waals surface area contributed by atoms with E-state index < -0.39 is 5.91 Å². The molecule has 30 heavy (non-hydrogen) atoms. The summed E-state index contributed by atoms with van der Waals surface area (Å²) in [5, 5.41) is 12.4. The van der Waals surface area contributed by atoms with Crippen molar-refractivity contribution in [2.75, 3.05) is 5.32 Å². The molecule has 0 heterocycles. The lowest BCUT2D eigenvalue weighted by molar-refractivity contribution is -0.112. The molecule has 0 radical (unpaired) electrons. The molecule has 1 amide bonds. The van der Waals surface area contributed by atoms with Crippen LogP contribution < -0.4 is 10.1 Å². The van der Waals surface area contributed by atoms with Gasteiger partial charge in [0.2, 0.25) is 0 Å². The second kappa shape index (κ2) is 9.93. The van der Waals surface area contributed by atoms with Crippen LogP contribution in [-0.2, 0) is 11.4 Å². The van der Waals surface area contributed by atoms with E-state index in [4.69, 9.17) is 27.9 Å². The molecule has 150 valence electrons. The first-order valence-corrected chi connectivity index (χ1v) is 9.56. The molecular weight excluding hydrogens is 426 g/mol. The van der Waals surface area contributed by atoms with E-state index in [9.17, 15) is 14.4 Å². The van der Waals surface area contributed by atoms with Crippen LogP contribution in [0.1, 0.15) is 11.1 Å². The highest BCUT2D eigenvalue weighted by molar-refractivity contribution is 6.37. The third kappa shape index (κ3) is 5.60. The monoisotopic (exact) mass is 440 g/mol. The Morgan fingerprint density at radius 3 is 2.30 bits per heavy atom. The molecule has 0 saturated heterocycles. The molecule has 0 fully saturated rings. The zero-order valence-electron chi connectivity index (χ0n) is 15.5. The maximum atomic E-state index is 13.0. The summed E-state index contributed by atoms with van der Waals surface area (Å²) in [5.41, 5.74) is 1.69. The van der Waals surface area contributed by atoms with Crippen LogP contribution in [0.15, 0.2) is 72.3 Å². The molecule has 0 aliphatic carbocycles. The van der Waals surface area contributed by atoms with Crippen LogP contribution in [0.4, 0.5) is 10.1 Å². The highest BCUT2D eigenvalue weighted by Crippen LogP contribution is 2.35. The quantitative estimate of drug-likeness (QED) is 0.363. The van der Waals surface area contributed by atoms with Crippen LogP contribution in [0.3, 0.4) is 0 Å². The van der Waals surface area contributed by atoms with E-state index in [0.29, 0.717) is 11.3 Å². The Hall–Kier alpha value is -3.33. The van der Waals surface area contributed by atoms with E-state index in [2.05, 4.69) is 5.32 Å². The van der Waals surface area contributed by atoms with Gasteiger partial charge >= 0.3 is 0 Å². The highest BCUT2D eigenvalue weighted by Gasteiger charge is 2.13. The summed E-state index contributed by atoms with van der Waals surface area (Å²) >= 11 is 12.6. The van der Waals surface area contributed by atoms with Crippen LogP contribution in [0.2, 0.25) is 10.0 Å². The van der Waals surface area contributed by atoms with Gasteiger partial charge in [0, 0.05) is 5.69 Å². The molecule has 3 aromatic rings. The van der Waals surface area contributed by atoms with Gasteiger partial charge in [-0.05, 0) is 53.6 Å². The van der Waals surface area contributed by atoms with Gasteiger partial charge in [-0.3, -0.25) is 4.79 Å². The van der Waals surface area contributed by atoms with E-state index in [1.807, 2.05) is 12.1 Å². The number of rotatable bonds is 6. The maximum absolute atomic E-state index is 13.0. The van der Waals surface area contributed by atoms with Crippen molar-refractivity contribution >= 4 is 40.9 Å². The van der Waals surface area contributed by atoms with Crippen molar-refractivity contribution in [3.05, 3.63) is 99.3 Å². The number of halogens is 3. The van der Waals surface area contributed by atoms with Crippen LogP contribution in [-0.4, -0.2) is 5.91 Å². The Labute approximate surface area is 183 Å². The average Bonchev–Trinajstić information content (AvgIpc) is 2.73. The van der Waals surface area contributed by atoms with Gasteiger partial charge in [-0.2, -0.15) is 5.26 Å². The number of carbonyl (C=O) groups is 1. The molecule has 0 saturated carbocycles. The van der Waals surface area contributed by atoms with Crippen molar-refractivity contribution in [2.24, 2.45) is 0 Å². The molecule has 0 bridgehead atoms. The minimum absolute atomic E-state index is 0.106. The molecule has 7 heteroatoms. The maximum Gasteiger partial charge on any atom is 0.266 e. The topological polar surface area (TPSA) is 62.1 Å². The number of anilines is 1. The molecule has 0 spiro atoms. The fourth-order valence-corrected chi connectivity index (χ4v) is 3.19. The van der Waals surface area contributed by atoms with Crippen molar-refractivity contribution in [1.82, 2.24) is 0 Å². The number of para-hydroxylation sites is 1. The molecule has 0 aromatic heterocycles. The molecule has 1 N–H and O–H groups in total. The summed E-state index contributed by atoms with van der Waals surface area (Å²) in [7, 11) is 0. The zero-order chi connectivity index (χ0) is 21.5. The summed E-state index contributed by atoms with van der Waals surface area (Å²) < 4.78 is 18.7. The predicted octanol–water partition coefficient (Wildman–Crippen LogP) is 6.26. The average molecular weight is 441 g/mol. The normalized spacial score (nSPS) is 10.9. The number of ether oxygens (including phenoxy) is 1. The van der Waals surface area contributed by atoms with Crippen molar-refractivity contribution in [3.8, 4) is 11.8 Å². The first-order valence-electron chi connectivity index (χ1n) is 8.81. The number of nitrogens with one attached hydrogen (secondary N) is 1. The number of nitriles is 1. The van der Waals surface area contributed by atoms with Crippen LogP contribution in [0, 0.1) is 17.1 Å². The SMILES string of the molecule is N#C/C(=C/c1cc(Cl)c(OCc2ccc(F)cc2)c(Cl)c1)C(=O)Nc1ccccc1. The van der Waals surface area contributed by atoms with Gasteiger partial charge < -0.3 is 10.1 Å². The molecular formula is C23H15Cl2FN2O2. The van der Waals surface area contributed by atoms with E-state index in [0.717, 1.165) is 5.56 Å². The third-order valence-corrected chi connectivity index (χ3v) is 4.59. The Balaban J connectivity index is 1.76. The van der Waals surface area contributed by atoms with Gasteiger partial charge in [0.05, 0.1) is 10.0 Å². The van der Waals surface area contributed by atoms with Gasteiger partial charge in [0.15, 0.2) is 5.75 Å². The molecule has 0 aliphatic heterocycles. The number of hydrogen-bond acceptors (Lipinski definition) is 3. The Morgan fingerprint density at radius 1 is 1.07 bits per heavy atom. The number of nitrogens with zero attached hydrogens (tertiary/aromatic N) is 1. The van der Waals surface area contributed by atoms with Crippen molar-refractivity contribution in [1.29, 1.82) is 5.26 Å². The molecule has 3 aromatic carbocycles. The second-order valence-electron chi connectivity index (χ2n) is 6.22. The largest absolute Gasteiger partial charge is 0.486 e. The summed E-state index contributed by atoms with van der Waals surface area (Å²) in [6.07, 6.45) is 1.39. The van der Waals surface area contributed by atoms with Gasteiger partial charge in [-0.15, -0.1) is 0 Å². The minimum atomic E-state index is -0.549. The smallest absolute Gasteiger partial charge is 0.266 e. The number of amides is 1. The lowest BCUT2D eigenvalue weighted by Crippen LogP contribution is -2.13. The first kappa shape index (κ1) is 21.4. The number of hydrogen-bond donors (Lipinski definition) is 1. The van der Waals surface area contributed by atoms with Crippen LogP contribution in [0.25, 0.3) is 6.08 Å². The van der Waals surface area contributed by atoms with Crippen LogP contribution in [0.5, 0.6) is 5.75 Å². The summed E-state index contributed by atoms with van der Waals surface area (Å²) in [6.45, 7) is 0.151.